The molecule has 180 valence electrons. The summed E-state index contributed by atoms with van der Waals surface area (Å²) >= 11 is 0. The Kier molecular flexibility index (Phi) is 8.40. The summed E-state index contributed by atoms with van der Waals surface area (Å²) in [5.74, 6) is -1.36. The fraction of sp³-hybridized carbons (Fsp3) is 0.385. The Labute approximate surface area is 200 Å². The topological polar surface area (TPSA) is 116 Å². The zero-order valence-corrected chi connectivity index (χ0v) is 19.9. The monoisotopic (exact) mass is 464 g/mol. The molecule has 0 bridgehead atoms. The van der Waals surface area contributed by atoms with E-state index in [-0.39, 0.29) is 11.4 Å². The van der Waals surface area contributed by atoms with E-state index in [0.29, 0.717) is 23.9 Å². The minimum Gasteiger partial charge on any atom is -0.504 e. The Bertz CT molecular complexity index is 1080. The molecule has 3 N–H and O–H groups in total. The van der Waals surface area contributed by atoms with Crippen LogP contribution in [0.5, 0.6) is 5.75 Å². The number of allylic oxidation sites excluding steroid dienone is 4. The average molecular weight is 465 g/mol. The van der Waals surface area contributed by atoms with Crippen molar-refractivity contribution in [2.24, 2.45) is 5.92 Å². The van der Waals surface area contributed by atoms with Crippen LogP contribution in [0.3, 0.4) is 0 Å². The third-order valence-corrected chi connectivity index (χ3v) is 6.03. The highest BCUT2D eigenvalue weighted by atomic mass is 16.4. The second-order valence-electron chi connectivity index (χ2n) is 8.42. The van der Waals surface area contributed by atoms with Gasteiger partial charge >= 0.3 is 5.97 Å². The number of carboxylic acid groups (broad SMARTS) is 1. The van der Waals surface area contributed by atoms with Crippen LogP contribution in [0.1, 0.15) is 54.3 Å². The first-order chi connectivity index (χ1) is 16.3. The van der Waals surface area contributed by atoms with Crippen molar-refractivity contribution in [2.45, 2.75) is 40.0 Å². The fourth-order valence-corrected chi connectivity index (χ4v) is 4.17. The molecular formula is C26H32N4O4. The molecule has 1 aliphatic rings. The standard InChI is InChI=1S/C26H32N4O4/c1-4-6-19(5-2)20-7-9-21(10-8-20)30-13-11-18(12-14-30)15-22-28-17(3)25(33)24(29-22)26(34)27-16-23(31)32/h4-10,18,33H,11-16H2,1-3H3,(H,27,34)(H,31,32)/b6-4-,19-5+. The van der Waals surface area contributed by atoms with Gasteiger partial charge in [0.15, 0.2) is 11.4 Å². The average Bonchev–Trinajstić information content (AvgIpc) is 2.83. The van der Waals surface area contributed by atoms with Crippen LogP contribution < -0.4 is 10.2 Å². The van der Waals surface area contributed by atoms with E-state index >= 15 is 0 Å². The molecule has 1 aromatic heterocycles. The van der Waals surface area contributed by atoms with E-state index in [0.717, 1.165) is 25.9 Å². The van der Waals surface area contributed by atoms with Gasteiger partial charge in [0.2, 0.25) is 0 Å². The summed E-state index contributed by atoms with van der Waals surface area (Å²) in [6, 6.07) is 8.63. The van der Waals surface area contributed by atoms with Crippen molar-refractivity contribution in [1.82, 2.24) is 15.3 Å². The quantitative estimate of drug-likeness (QED) is 0.510. The van der Waals surface area contributed by atoms with Gasteiger partial charge in [0.25, 0.3) is 5.91 Å². The van der Waals surface area contributed by atoms with E-state index in [2.05, 4.69) is 56.6 Å². The zero-order chi connectivity index (χ0) is 24.7. The number of amides is 1. The van der Waals surface area contributed by atoms with Gasteiger partial charge in [-0.2, -0.15) is 0 Å². The number of aryl methyl sites for hydroxylation is 1. The van der Waals surface area contributed by atoms with Crippen molar-refractivity contribution < 1.29 is 19.8 Å². The minimum atomic E-state index is -1.17. The number of nitrogens with one attached hydrogen (secondary N) is 1. The second kappa shape index (κ2) is 11.4. The Morgan fingerprint density at radius 3 is 2.41 bits per heavy atom. The molecule has 0 unspecified atom stereocenters. The smallest absolute Gasteiger partial charge is 0.322 e. The molecule has 1 amide bonds. The van der Waals surface area contributed by atoms with E-state index < -0.39 is 18.4 Å². The largest absolute Gasteiger partial charge is 0.504 e. The number of hydrogen-bond acceptors (Lipinski definition) is 6. The number of rotatable bonds is 8. The highest BCUT2D eigenvalue weighted by Crippen LogP contribution is 2.28. The summed E-state index contributed by atoms with van der Waals surface area (Å²) in [4.78, 5) is 33.9. The van der Waals surface area contributed by atoms with Gasteiger partial charge in [-0.1, -0.05) is 30.4 Å². The van der Waals surface area contributed by atoms with Crippen molar-refractivity contribution in [3.8, 4) is 5.75 Å². The van der Waals surface area contributed by atoms with Gasteiger partial charge in [0, 0.05) is 25.2 Å². The molecule has 0 aliphatic carbocycles. The van der Waals surface area contributed by atoms with Crippen LogP contribution in [0.15, 0.2) is 42.5 Å². The number of benzene rings is 1. The van der Waals surface area contributed by atoms with Gasteiger partial charge < -0.3 is 20.4 Å². The molecule has 1 fully saturated rings. The number of aliphatic carboxylic acids is 1. The summed E-state index contributed by atoms with van der Waals surface area (Å²) in [6.45, 7) is 6.95. The SMILES string of the molecule is C/C=C\C(=C/C)c1ccc(N2CCC(Cc3nc(C)c(O)c(C(=O)NCC(=O)O)n3)CC2)cc1. The number of carboxylic acids is 1. The van der Waals surface area contributed by atoms with Crippen molar-refractivity contribution >= 4 is 23.1 Å². The van der Waals surface area contributed by atoms with Crippen molar-refractivity contribution in [3.63, 3.8) is 0 Å². The molecular weight excluding hydrogens is 432 g/mol. The Hall–Kier alpha value is -3.68. The van der Waals surface area contributed by atoms with Crippen LogP contribution in [0.25, 0.3) is 5.57 Å². The number of hydrogen-bond donors (Lipinski definition) is 3. The number of carbonyl (C=O) groups is 2. The first-order valence-electron chi connectivity index (χ1n) is 11.5. The number of aromatic nitrogens is 2. The van der Waals surface area contributed by atoms with Gasteiger partial charge in [-0.25, -0.2) is 9.97 Å². The highest BCUT2D eigenvalue weighted by molar-refractivity contribution is 5.96. The van der Waals surface area contributed by atoms with E-state index in [4.69, 9.17) is 5.11 Å². The fourth-order valence-electron chi connectivity index (χ4n) is 4.17. The third-order valence-electron chi connectivity index (χ3n) is 6.03. The summed E-state index contributed by atoms with van der Waals surface area (Å²) in [6.07, 6.45) is 8.78. The lowest BCUT2D eigenvalue weighted by molar-refractivity contribution is -0.135. The molecule has 34 heavy (non-hydrogen) atoms. The molecule has 1 aromatic carbocycles. The minimum absolute atomic E-state index is 0.181. The van der Waals surface area contributed by atoms with E-state index in [9.17, 15) is 14.7 Å². The third kappa shape index (κ3) is 6.21. The Morgan fingerprint density at radius 2 is 1.82 bits per heavy atom. The zero-order valence-electron chi connectivity index (χ0n) is 19.9. The summed E-state index contributed by atoms with van der Waals surface area (Å²) in [5.41, 5.74) is 3.73. The normalized spacial score (nSPS) is 15.0. The van der Waals surface area contributed by atoms with Gasteiger partial charge in [-0.15, -0.1) is 0 Å². The Balaban J connectivity index is 1.62. The first kappa shape index (κ1) is 25.0. The van der Waals surface area contributed by atoms with E-state index in [1.807, 2.05) is 19.9 Å². The number of piperidine rings is 1. The van der Waals surface area contributed by atoms with Gasteiger partial charge in [0.05, 0.1) is 5.69 Å². The van der Waals surface area contributed by atoms with Crippen molar-refractivity contribution in [2.75, 3.05) is 24.5 Å². The van der Waals surface area contributed by atoms with Crippen LogP contribution in [0.4, 0.5) is 5.69 Å². The molecule has 1 saturated heterocycles. The maximum Gasteiger partial charge on any atom is 0.322 e. The molecule has 0 spiro atoms. The van der Waals surface area contributed by atoms with Gasteiger partial charge in [0.1, 0.15) is 12.4 Å². The number of nitrogens with zero attached hydrogens (tertiary/aromatic N) is 3. The van der Waals surface area contributed by atoms with Crippen LogP contribution in [-0.4, -0.2) is 51.7 Å². The molecule has 0 saturated carbocycles. The molecule has 1 aliphatic heterocycles. The van der Waals surface area contributed by atoms with Crippen LogP contribution in [0.2, 0.25) is 0 Å². The van der Waals surface area contributed by atoms with Crippen molar-refractivity contribution in [1.29, 1.82) is 0 Å². The highest BCUT2D eigenvalue weighted by Gasteiger charge is 2.23. The number of anilines is 1. The maximum absolute atomic E-state index is 12.2. The van der Waals surface area contributed by atoms with Crippen molar-refractivity contribution in [3.05, 3.63) is 65.3 Å². The summed E-state index contributed by atoms with van der Waals surface area (Å²) in [5, 5.41) is 21.2. The maximum atomic E-state index is 12.2. The summed E-state index contributed by atoms with van der Waals surface area (Å²) in [7, 11) is 0. The molecule has 0 atom stereocenters. The number of aromatic hydroxyl groups is 1. The predicted octanol–water partition coefficient (Wildman–Crippen LogP) is 3.74. The molecule has 2 aromatic rings. The lowest BCUT2D eigenvalue weighted by atomic mass is 9.92. The van der Waals surface area contributed by atoms with Crippen LogP contribution >= 0.6 is 0 Å². The lowest BCUT2D eigenvalue weighted by Gasteiger charge is -2.33. The number of carbonyl (C=O) groups excluding carboxylic acids is 1. The van der Waals surface area contributed by atoms with Gasteiger partial charge in [-0.3, -0.25) is 9.59 Å². The second-order valence-corrected chi connectivity index (χ2v) is 8.42. The molecule has 2 heterocycles. The lowest BCUT2D eigenvalue weighted by Crippen LogP contribution is -2.34. The van der Waals surface area contributed by atoms with E-state index in [1.54, 1.807) is 6.92 Å². The molecule has 8 nitrogen and oxygen atoms in total. The van der Waals surface area contributed by atoms with Crippen LogP contribution in [-0.2, 0) is 11.2 Å². The van der Waals surface area contributed by atoms with Gasteiger partial charge in [-0.05, 0) is 62.8 Å². The molecule has 8 heteroatoms. The molecule has 0 radical (unpaired) electrons. The predicted molar refractivity (Wildman–Crippen MR) is 132 cm³/mol. The first-order valence-corrected chi connectivity index (χ1v) is 11.5. The molecule has 3 rings (SSSR count). The van der Waals surface area contributed by atoms with Crippen LogP contribution in [0, 0.1) is 12.8 Å². The summed E-state index contributed by atoms with van der Waals surface area (Å²) < 4.78 is 0. The Morgan fingerprint density at radius 1 is 1.15 bits per heavy atom. The van der Waals surface area contributed by atoms with E-state index in [1.165, 1.54) is 16.8 Å².